The van der Waals surface area contributed by atoms with Gasteiger partial charge in [0.05, 0.1) is 11.2 Å². The van der Waals surface area contributed by atoms with Gasteiger partial charge < -0.3 is 14.6 Å². The van der Waals surface area contributed by atoms with Gasteiger partial charge in [0.2, 0.25) is 5.91 Å². The molecule has 0 bridgehead atoms. The first kappa shape index (κ1) is 18.7. The van der Waals surface area contributed by atoms with Gasteiger partial charge >= 0.3 is 7.12 Å². The van der Waals surface area contributed by atoms with Crippen LogP contribution >= 0.6 is 0 Å². The molecule has 1 aromatic rings. The maximum Gasteiger partial charge on any atom is 0.494 e. The SMILES string of the molecule is CC.CCC(=O)Nc1ccc(B2OC(C)(C)C(C)(C)O2)cc1. The lowest BCUT2D eigenvalue weighted by molar-refractivity contribution is -0.115. The maximum atomic E-state index is 11.3. The van der Waals surface area contributed by atoms with Crippen molar-refractivity contribution in [1.29, 1.82) is 0 Å². The van der Waals surface area contributed by atoms with Gasteiger partial charge in [-0.05, 0) is 45.3 Å². The van der Waals surface area contributed by atoms with Gasteiger partial charge in [0.25, 0.3) is 0 Å². The summed E-state index contributed by atoms with van der Waals surface area (Å²) in [7, 11) is -0.365. The average molecular weight is 305 g/mol. The second-order valence-electron chi connectivity index (χ2n) is 6.11. The fourth-order valence-corrected chi connectivity index (χ4v) is 1.95. The third-order valence-electron chi connectivity index (χ3n) is 4.04. The summed E-state index contributed by atoms with van der Waals surface area (Å²) in [6.07, 6.45) is 0.471. The van der Waals surface area contributed by atoms with Crippen LogP contribution in [-0.4, -0.2) is 24.2 Å². The van der Waals surface area contributed by atoms with Crippen molar-refractivity contribution in [3.8, 4) is 0 Å². The Kier molecular flexibility index (Phi) is 6.21. The van der Waals surface area contributed by atoms with Crippen molar-refractivity contribution in [2.24, 2.45) is 0 Å². The molecule has 1 fully saturated rings. The highest BCUT2D eigenvalue weighted by Gasteiger charge is 2.51. The molecule has 0 aliphatic carbocycles. The number of carbonyl (C=O) groups excluding carboxylic acids is 1. The molecule has 0 atom stereocenters. The fourth-order valence-electron chi connectivity index (χ4n) is 1.95. The standard InChI is InChI=1S/C15H22BNO3.C2H6/c1-6-13(18)17-12-9-7-11(8-10-12)16-19-14(2,3)15(4,5)20-16;1-2/h7-10H,6H2,1-5H3,(H,17,18);1-2H3. The Hall–Kier alpha value is -1.33. The minimum absolute atomic E-state index is 0.00776. The number of hydrogen-bond donors (Lipinski definition) is 1. The number of nitrogens with one attached hydrogen (secondary N) is 1. The molecule has 1 saturated heterocycles. The number of carbonyl (C=O) groups is 1. The summed E-state index contributed by atoms with van der Waals surface area (Å²) in [4.78, 5) is 11.3. The van der Waals surface area contributed by atoms with Crippen LogP contribution in [0.15, 0.2) is 24.3 Å². The molecule has 122 valence electrons. The van der Waals surface area contributed by atoms with E-state index in [2.05, 4.69) is 5.32 Å². The molecular weight excluding hydrogens is 277 g/mol. The van der Waals surface area contributed by atoms with Crippen LogP contribution in [0.5, 0.6) is 0 Å². The summed E-state index contributed by atoms with van der Waals surface area (Å²) in [5.41, 5.74) is 1.06. The largest absolute Gasteiger partial charge is 0.494 e. The summed E-state index contributed by atoms with van der Waals surface area (Å²) in [6.45, 7) is 13.9. The van der Waals surface area contributed by atoms with Crippen LogP contribution in [-0.2, 0) is 14.1 Å². The summed E-state index contributed by atoms with van der Waals surface area (Å²) < 4.78 is 12.0. The van der Waals surface area contributed by atoms with Gasteiger partial charge in [0.15, 0.2) is 0 Å². The van der Waals surface area contributed by atoms with Crippen molar-refractivity contribution in [2.75, 3.05) is 5.32 Å². The fraction of sp³-hybridized carbons (Fsp3) is 0.588. The van der Waals surface area contributed by atoms with Crippen LogP contribution in [0.3, 0.4) is 0 Å². The van der Waals surface area contributed by atoms with Gasteiger partial charge in [-0.2, -0.15) is 0 Å². The summed E-state index contributed by atoms with van der Waals surface area (Å²) >= 11 is 0. The molecule has 2 rings (SSSR count). The Labute approximate surface area is 134 Å². The molecular formula is C17H28BNO3. The van der Waals surface area contributed by atoms with Crippen LogP contribution in [0.4, 0.5) is 5.69 Å². The lowest BCUT2D eigenvalue weighted by Crippen LogP contribution is -2.41. The monoisotopic (exact) mass is 305 g/mol. The van der Waals surface area contributed by atoms with E-state index in [-0.39, 0.29) is 24.2 Å². The highest BCUT2D eigenvalue weighted by atomic mass is 16.7. The molecule has 1 amide bonds. The van der Waals surface area contributed by atoms with E-state index in [1.165, 1.54) is 0 Å². The van der Waals surface area contributed by atoms with Crippen LogP contribution < -0.4 is 10.8 Å². The van der Waals surface area contributed by atoms with Crippen molar-refractivity contribution in [3.63, 3.8) is 0 Å². The quantitative estimate of drug-likeness (QED) is 0.871. The van der Waals surface area contributed by atoms with Crippen LogP contribution in [0.2, 0.25) is 0 Å². The number of amides is 1. The molecule has 1 N–H and O–H groups in total. The molecule has 0 aromatic heterocycles. The average Bonchev–Trinajstić information content (AvgIpc) is 2.70. The number of anilines is 1. The predicted octanol–water partition coefficient (Wildman–Crippen LogP) is 3.36. The second kappa shape index (κ2) is 7.29. The normalized spacial score (nSPS) is 18.4. The van der Waals surface area contributed by atoms with E-state index < -0.39 is 0 Å². The molecule has 0 saturated carbocycles. The summed E-state index contributed by atoms with van der Waals surface area (Å²) in [6, 6.07) is 7.59. The number of rotatable bonds is 3. The van der Waals surface area contributed by atoms with Crippen molar-refractivity contribution < 1.29 is 14.1 Å². The van der Waals surface area contributed by atoms with E-state index >= 15 is 0 Å². The first-order valence-electron chi connectivity index (χ1n) is 8.00. The lowest BCUT2D eigenvalue weighted by Gasteiger charge is -2.32. The van der Waals surface area contributed by atoms with Gasteiger partial charge in [0.1, 0.15) is 0 Å². The minimum Gasteiger partial charge on any atom is -0.399 e. The van der Waals surface area contributed by atoms with E-state index in [0.29, 0.717) is 6.42 Å². The van der Waals surface area contributed by atoms with E-state index in [4.69, 9.17) is 9.31 Å². The summed E-state index contributed by atoms with van der Waals surface area (Å²) in [5, 5.41) is 2.82. The van der Waals surface area contributed by atoms with E-state index in [0.717, 1.165) is 11.2 Å². The minimum atomic E-state index is -0.365. The molecule has 5 heteroatoms. The van der Waals surface area contributed by atoms with E-state index in [9.17, 15) is 4.79 Å². The van der Waals surface area contributed by atoms with Crippen molar-refractivity contribution in [2.45, 2.75) is 66.1 Å². The van der Waals surface area contributed by atoms with Gasteiger partial charge in [-0.1, -0.05) is 32.9 Å². The van der Waals surface area contributed by atoms with Crippen molar-refractivity contribution in [1.82, 2.24) is 0 Å². The zero-order chi connectivity index (χ0) is 17.0. The lowest BCUT2D eigenvalue weighted by atomic mass is 9.79. The predicted molar refractivity (Wildman–Crippen MR) is 92.4 cm³/mol. The van der Waals surface area contributed by atoms with Gasteiger partial charge in [0, 0.05) is 12.1 Å². The molecule has 0 spiro atoms. The van der Waals surface area contributed by atoms with Crippen molar-refractivity contribution >= 4 is 24.2 Å². The highest BCUT2D eigenvalue weighted by Crippen LogP contribution is 2.36. The maximum absolute atomic E-state index is 11.3. The Morgan fingerprint density at radius 3 is 1.91 bits per heavy atom. The van der Waals surface area contributed by atoms with Crippen molar-refractivity contribution in [3.05, 3.63) is 24.3 Å². The van der Waals surface area contributed by atoms with Gasteiger partial charge in [-0.25, -0.2) is 0 Å². The number of hydrogen-bond acceptors (Lipinski definition) is 3. The third kappa shape index (κ3) is 4.11. The van der Waals surface area contributed by atoms with Crippen LogP contribution in [0, 0.1) is 0 Å². The smallest absolute Gasteiger partial charge is 0.399 e. The highest BCUT2D eigenvalue weighted by molar-refractivity contribution is 6.62. The molecule has 22 heavy (non-hydrogen) atoms. The van der Waals surface area contributed by atoms with E-state index in [1.807, 2.05) is 72.7 Å². The Morgan fingerprint density at radius 1 is 1.05 bits per heavy atom. The van der Waals surface area contributed by atoms with Crippen LogP contribution in [0.25, 0.3) is 0 Å². The zero-order valence-corrected chi connectivity index (χ0v) is 14.8. The molecule has 0 unspecified atom stereocenters. The molecule has 0 radical (unpaired) electrons. The molecule has 4 nitrogen and oxygen atoms in total. The Morgan fingerprint density at radius 2 is 1.50 bits per heavy atom. The first-order chi connectivity index (χ1) is 10.2. The molecule has 1 aliphatic rings. The third-order valence-corrected chi connectivity index (χ3v) is 4.04. The Balaban J connectivity index is 0.00000116. The van der Waals surface area contributed by atoms with Gasteiger partial charge in [-0.3, -0.25) is 4.79 Å². The first-order valence-corrected chi connectivity index (χ1v) is 8.00. The van der Waals surface area contributed by atoms with Crippen LogP contribution in [0.1, 0.15) is 54.9 Å². The second-order valence-corrected chi connectivity index (χ2v) is 6.11. The molecule has 1 aliphatic heterocycles. The Bertz CT molecular complexity index is 481. The van der Waals surface area contributed by atoms with E-state index in [1.54, 1.807) is 0 Å². The topological polar surface area (TPSA) is 47.6 Å². The van der Waals surface area contributed by atoms with Gasteiger partial charge in [-0.15, -0.1) is 0 Å². The zero-order valence-electron chi connectivity index (χ0n) is 14.8. The summed E-state index contributed by atoms with van der Waals surface area (Å²) in [5.74, 6) is 0.00776. The number of benzene rings is 1. The molecule has 1 aromatic carbocycles. The molecule has 1 heterocycles.